The predicted molar refractivity (Wildman–Crippen MR) is 199 cm³/mol. The zero-order valence-corrected chi connectivity index (χ0v) is 31.4. The van der Waals surface area contributed by atoms with E-state index in [1.165, 1.54) is 6.92 Å². The van der Waals surface area contributed by atoms with Gasteiger partial charge in [-0.15, -0.1) is 0 Å². The van der Waals surface area contributed by atoms with Crippen LogP contribution >= 0.6 is 0 Å². The molecular weight excluding hydrogens is 668 g/mol. The molecule has 0 N–H and O–H groups in total. The van der Waals surface area contributed by atoms with Gasteiger partial charge < -0.3 is 14.4 Å². The second-order valence-electron chi connectivity index (χ2n) is 16.3. The third kappa shape index (κ3) is 6.94. The van der Waals surface area contributed by atoms with E-state index < -0.39 is 6.04 Å². The Morgan fingerprint density at radius 2 is 1.70 bits per heavy atom. The lowest BCUT2D eigenvalue weighted by atomic mass is 9.77. The molecule has 1 saturated carbocycles. The normalized spacial score (nSPS) is 24.6. The molecule has 2 saturated heterocycles. The van der Waals surface area contributed by atoms with Crippen molar-refractivity contribution in [2.24, 2.45) is 10.8 Å². The van der Waals surface area contributed by atoms with Gasteiger partial charge in [-0.05, 0) is 106 Å². The Labute approximate surface area is 310 Å². The highest BCUT2D eigenvalue weighted by Crippen LogP contribution is 2.63. The number of aryl methyl sites for hydroxylation is 4. The summed E-state index contributed by atoms with van der Waals surface area (Å²) in [5, 5.41) is 5.56. The minimum absolute atomic E-state index is 0.00252. The summed E-state index contributed by atoms with van der Waals surface area (Å²) in [6, 6.07) is 7.57. The topological polar surface area (TPSA) is 129 Å². The maximum Gasteiger partial charge on any atom is 0.245 e. The highest BCUT2D eigenvalue weighted by molar-refractivity contribution is 6.07. The molecule has 4 aromatic rings. The molecule has 1 aromatic carbocycles. The second kappa shape index (κ2) is 14.1. The maximum atomic E-state index is 14.7. The first-order valence-corrected chi connectivity index (χ1v) is 19.3. The van der Waals surface area contributed by atoms with Crippen LogP contribution in [0.1, 0.15) is 104 Å². The van der Waals surface area contributed by atoms with E-state index in [9.17, 15) is 14.4 Å². The Kier molecular flexibility index (Phi) is 9.51. The molecule has 278 valence electrons. The predicted octanol–water partition coefficient (Wildman–Crippen LogP) is 6.47. The van der Waals surface area contributed by atoms with Crippen LogP contribution < -0.4 is 0 Å². The van der Waals surface area contributed by atoms with Crippen molar-refractivity contribution in [3.63, 3.8) is 0 Å². The number of nitrogens with zero attached hydrogens (tertiary/aromatic N) is 6. The first kappa shape index (κ1) is 35.7. The summed E-state index contributed by atoms with van der Waals surface area (Å²) in [6.45, 7) is 9.01. The van der Waals surface area contributed by atoms with Gasteiger partial charge in [0.1, 0.15) is 24.9 Å². The van der Waals surface area contributed by atoms with Gasteiger partial charge in [-0.1, -0.05) is 25.3 Å². The molecule has 6 heterocycles. The number of piperidine rings is 1. The van der Waals surface area contributed by atoms with Crippen LogP contribution in [0.15, 0.2) is 36.7 Å². The molecule has 3 aromatic heterocycles. The number of benzene rings is 1. The van der Waals surface area contributed by atoms with Crippen LogP contribution in [0, 0.1) is 31.6 Å². The summed E-state index contributed by atoms with van der Waals surface area (Å²) < 4.78 is 13.6. The van der Waals surface area contributed by atoms with Crippen LogP contribution in [0.25, 0.3) is 22.0 Å². The average Bonchev–Trinajstić information content (AvgIpc) is 3.54. The lowest BCUT2D eigenvalue weighted by molar-refractivity contribution is -0.170. The van der Waals surface area contributed by atoms with Crippen molar-refractivity contribution in [2.45, 2.75) is 117 Å². The number of aromatic nitrogens is 5. The third-order valence-corrected chi connectivity index (χ3v) is 12.4. The first-order chi connectivity index (χ1) is 25.5. The zero-order chi connectivity index (χ0) is 36.9. The van der Waals surface area contributed by atoms with E-state index in [0.29, 0.717) is 37.9 Å². The summed E-state index contributed by atoms with van der Waals surface area (Å²) in [7, 11) is 0. The quantitative estimate of drug-likeness (QED) is 0.213. The summed E-state index contributed by atoms with van der Waals surface area (Å²) >= 11 is 0. The molecule has 1 aliphatic carbocycles. The van der Waals surface area contributed by atoms with Crippen molar-refractivity contribution in [2.75, 3.05) is 20.0 Å². The Morgan fingerprint density at radius 1 is 0.925 bits per heavy atom. The molecule has 11 heteroatoms. The number of pyridine rings is 1. The fraction of sp³-hybridized carbons (Fsp3) is 0.548. The van der Waals surface area contributed by atoms with Crippen molar-refractivity contribution in [3.05, 3.63) is 70.7 Å². The van der Waals surface area contributed by atoms with Crippen molar-refractivity contribution in [1.82, 2.24) is 29.6 Å². The van der Waals surface area contributed by atoms with Crippen LogP contribution in [0.4, 0.5) is 0 Å². The summed E-state index contributed by atoms with van der Waals surface area (Å²) in [5.41, 5.74) is 6.46. The molecule has 11 nitrogen and oxygen atoms in total. The van der Waals surface area contributed by atoms with Crippen LogP contribution in [0.5, 0.6) is 0 Å². The van der Waals surface area contributed by atoms with Gasteiger partial charge in [-0.2, -0.15) is 5.10 Å². The van der Waals surface area contributed by atoms with E-state index in [0.717, 1.165) is 102 Å². The molecule has 0 radical (unpaired) electrons. The number of ether oxygens (including phenoxy) is 2. The van der Waals surface area contributed by atoms with Gasteiger partial charge in [0.15, 0.2) is 11.6 Å². The van der Waals surface area contributed by atoms with Crippen LogP contribution in [0.3, 0.4) is 0 Å². The van der Waals surface area contributed by atoms with Crippen LogP contribution in [-0.2, 0) is 38.4 Å². The molecule has 3 aliphatic heterocycles. The van der Waals surface area contributed by atoms with Crippen molar-refractivity contribution < 1.29 is 23.9 Å². The van der Waals surface area contributed by atoms with Crippen LogP contribution in [0.2, 0.25) is 0 Å². The van der Waals surface area contributed by atoms with Gasteiger partial charge in [-0.25, -0.2) is 9.97 Å². The Bertz CT molecular complexity index is 2070. The standard InChI is InChI=1S/C42H50N6O5/c1-26-10-11-27(2)45-34(26)17-36(50)35-18-42-14-8-13-41(23-52-25-53-24-41)12-7-5-6-9-30-15-31(32-20-43-29(4)44-21-32)16-33-39(28(3)49)46-47(40(30)33)22-38(51)48(35)37(42)19-42/h10-11,15-16,20-21,35,37H,5-9,12-14,17-19,22-25H2,1-4H3/t35-,37+,42-/m0/s1. The largest absolute Gasteiger partial charge is 0.355 e. The molecule has 3 fully saturated rings. The number of amides is 1. The van der Waals surface area contributed by atoms with Gasteiger partial charge in [0.05, 0.1) is 36.9 Å². The molecule has 0 unspecified atom stereocenters. The number of rotatable bonds is 5. The van der Waals surface area contributed by atoms with Crippen LogP contribution in [-0.4, -0.2) is 79.2 Å². The number of Topliss-reactive ketones (excluding diaryl/α,β-unsaturated/α-hetero) is 2. The van der Waals surface area contributed by atoms with E-state index in [1.54, 1.807) is 4.68 Å². The number of hydrogen-bond acceptors (Lipinski definition) is 9. The minimum Gasteiger partial charge on any atom is -0.355 e. The van der Waals surface area contributed by atoms with E-state index in [1.807, 2.05) is 56.3 Å². The van der Waals surface area contributed by atoms with Gasteiger partial charge in [0, 0.05) is 47.4 Å². The van der Waals surface area contributed by atoms with Gasteiger partial charge >= 0.3 is 0 Å². The third-order valence-electron chi connectivity index (χ3n) is 12.4. The smallest absolute Gasteiger partial charge is 0.245 e. The average molecular weight is 719 g/mol. The molecule has 1 spiro atoms. The monoisotopic (exact) mass is 718 g/mol. The highest BCUT2D eigenvalue weighted by Gasteiger charge is 2.66. The zero-order valence-electron chi connectivity index (χ0n) is 31.4. The van der Waals surface area contributed by atoms with Gasteiger partial charge in [-0.3, -0.25) is 24.0 Å². The van der Waals surface area contributed by atoms with Gasteiger partial charge in [0.25, 0.3) is 0 Å². The lowest BCUT2D eigenvalue weighted by Crippen LogP contribution is -2.45. The Morgan fingerprint density at radius 3 is 2.47 bits per heavy atom. The number of hydrogen-bond donors (Lipinski definition) is 0. The Balaban J connectivity index is 1.19. The summed E-state index contributed by atoms with van der Waals surface area (Å²) in [6.07, 6.45) is 13.2. The molecule has 2 bridgehead atoms. The fourth-order valence-corrected chi connectivity index (χ4v) is 9.49. The first-order valence-electron chi connectivity index (χ1n) is 19.3. The number of carbonyl (C=O) groups is 3. The molecule has 8 rings (SSSR count). The second-order valence-corrected chi connectivity index (χ2v) is 16.3. The fourth-order valence-electron chi connectivity index (χ4n) is 9.49. The van der Waals surface area contributed by atoms with Gasteiger partial charge in [0.2, 0.25) is 5.91 Å². The van der Waals surface area contributed by atoms with Crippen molar-refractivity contribution in [1.29, 1.82) is 0 Å². The lowest BCUT2D eigenvalue weighted by Gasteiger charge is -2.37. The summed E-state index contributed by atoms with van der Waals surface area (Å²) in [5.74, 6) is 0.430. The highest BCUT2D eigenvalue weighted by atomic mass is 16.7. The number of carbonyl (C=O) groups excluding carboxylic acids is 3. The number of ketones is 2. The minimum atomic E-state index is -0.529. The van der Waals surface area contributed by atoms with E-state index >= 15 is 0 Å². The SMILES string of the molecule is CC(=O)c1nn2c3c(cc(-c4cnc(C)nc4)cc13)CCCCCC1(CCC[C@@]34C[C@@H](C(=O)Cc5nc(C)ccc5C)N(C(=O)C2)[C@@H]3C4)COCOC1. The Hall–Kier alpha value is -4.35. The van der Waals surface area contributed by atoms with Crippen molar-refractivity contribution in [3.8, 4) is 11.1 Å². The maximum absolute atomic E-state index is 14.7. The molecule has 3 atom stereocenters. The molecule has 53 heavy (non-hydrogen) atoms. The van der Waals surface area contributed by atoms with E-state index in [4.69, 9.17) is 19.6 Å². The van der Waals surface area contributed by atoms with E-state index in [-0.39, 0.29) is 47.3 Å². The molecule has 4 aliphatic rings. The molecule has 1 amide bonds. The van der Waals surface area contributed by atoms with E-state index in [2.05, 4.69) is 16.0 Å². The molecular formula is C42H50N6O5. The van der Waals surface area contributed by atoms with Crippen molar-refractivity contribution >= 4 is 28.4 Å². The summed E-state index contributed by atoms with van der Waals surface area (Å²) in [4.78, 5) is 57.6.